The number of carbonyl (C=O) groups is 1. The largest absolute Gasteiger partial charge is 0.477 e. The van der Waals surface area contributed by atoms with Gasteiger partial charge >= 0.3 is 5.97 Å². The molecule has 3 heteroatoms. The van der Waals surface area contributed by atoms with Crippen LogP contribution in [0, 0.1) is 11.3 Å². The van der Waals surface area contributed by atoms with Crippen molar-refractivity contribution in [2.45, 2.75) is 39.0 Å². The lowest BCUT2D eigenvalue weighted by Gasteiger charge is -1.92. The number of carboxylic acid groups (broad SMARTS) is 1. The zero-order valence-electron chi connectivity index (χ0n) is 10.2. The zero-order valence-corrected chi connectivity index (χ0v) is 10.2. The van der Waals surface area contributed by atoms with E-state index in [9.17, 15) is 4.79 Å². The molecule has 0 aliphatic heterocycles. The zero-order chi connectivity index (χ0) is 12.9. The topological polar surface area (TPSA) is 61.1 Å². The second-order valence-corrected chi connectivity index (χ2v) is 3.66. The molecule has 0 atom stereocenters. The van der Waals surface area contributed by atoms with E-state index in [4.69, 9.17) is 10.4 Å². The number of nitriles is 1. The molecule has 0 aliphatic carbocycles. The molecule has 0 aromatic heterocycles. The molecular formula is C14H19NO2. The van der Waals surface area contributed by atoms with Crippen molar-refractivity contribution >= 4 is 5.97 Å². The molecule has 0 heterocycles. The molecular weight excluding hydrogens is 214 g/mol. The van der Waals surface area contributed by atoms with Crippen LogP contribution in [0.25, 0.3) is 0 Å². The predicted octanol–water partition coefficient (Wildman–Crippen LogP) is 3.60. The summed E-state index contributed by atoms with van der Waals surface area (Å²) in [5.74, 6) is -1.19. The molecule has 0 fully saturated rings. The van der Waals surface area contributed by atoms with Gasteiger partial charge in [-0.25, -0.2) is 4.79 Å². The molecule has 0 saturated heterocycles. The Hall–Kier alpha value is -1.82. The molecule has 92 valence electrons. The molecule has 0 saturated carbocycles. The molecule has 0 amide bonds. The van der Waals surface area contributed by atoms with E-state index in [1.54, 1.807) is 18.2 Å². The Morgan fingerprint density at radius 1 is 1.24 bits per heavy atom. The lowest BCUT2D eigenvalue weighted by atomic mass is 10.1. The first-order valence-electron chi connectivity index (χ1n) is 5.89. The molecule has 0 bridgehead atoms. The average molecular weight is 233 g/mol. The van der Waals surface area contributed by atoms with Crippen LogP contribution in [0.4, 0.5) is 0 Å². The van der Waals surface area contributed by atoms with Crippen LogP contribution in [0.15, 0.2) is 36.0 Å². The van der Waals surface area contributed by atoms with E-state index in [0.717, 1.165) is 6.42 Å². The molecule has 17 heavy (non-hydrogen) atoms. The number of aliphatic carboxylic acids is 1. The van der Waals surface area contributed by atoms with Gasteiger partial charge in [0.15, 0.2) is 0 Å². The normalized spacial score (nSPS) is 12.1. The van der Waals surface area contributed by atoms with Crippen LogP contribution in [0.3, 0.4) is 0 Å². The molecule has 3 nitrogen and oxygen atoms in total. The number of hydrogen-bond donors (Lipinski definition) is 1. The first-order valence-corrected chi connectivity index (χ1v) is 5.89. The molecule has 1 N–H and O–H groups in total. The van der Waals surface area contributed by atoms with Gasteiger partial charge in [-0.1, -0.05) is 50.5 Å². The maximum Gasteiger partial charge on any atom is 0.346 e. The number of rotatable bonds is 8. The second kappa shape index (κ2) is 10.7. The minimum Gasteiger partial charge on any atom is -0.477 e. The Morgan fingerprint density at radius 3 is 2.59 bits per heavy atom. The average Bonchev–Trinajstić information content (AvgIpc) is 2.31. The lowest BCUT2D eigenvalue weighted by molar-refractivity contribution is -0.132. The Kier molecular flexibility index (Phi) is 9.55. The van der Waals surface area contributed by atoms with Crippen LogP contribution in [0.5, 0.6) is 0 Å². The monoisotopic (exact) mass is 233 g/mol. The highest BCUT2D eigenvalue weighted by molar-refractivity contribution is 5.91. The van der Waals surface area contributed by atoms with E-state index in [-0.39, 0.29) is 5.57 Å². The smallest absolute Gasteiger partial charge is 0.346 e. The van der Waals surface area contributed by atoms with Crippen molar-refractivity contribution in [3.8, 4) is 6.07 Å². The maximum atomic E-state index is 10.5. The minimum atomic E-state index is -1.19. The Morgan fingerprint density at radius 2 is 2.00 bits per heavy atom. The Balaban J connectivity index is 3.84. The number of unbranched alkanes of at least 4 members (excludes halogenated alkanes) is 4. The fourth-order valence-electron chi connectivity index (χ4n) is 1.24. The highest BCUT2D eigenvalue weighted by Gasteiger charge is 2.01. The van der Waals surface area contributed by atoms with Crippen molar-refractivity contribution in [2.24, 2.45) is 0 Å². The van der Waals surface area contributed by atoms with Gasteiger partial charge in [-0.05, 0) is 18.9 Å². The number of allylic oxidation sites excluding steroid dienone is 5. The number of nitrogens with zero attached hydrogens (tertiary/aromatic N) is 1. The van der Waals surface area contributed by atoms with Gasteiger partial charge in [0.25, 0.3) is 0 Å². The van der Waals surface area contributed by atoms with Crippen LogP contribution >= 0.6 is 0 Å². The highest BCUT2D eigenvalue weighted by atomic mass is 16.4. The number of carboxylic acids is 1. The third-order valence-corrected chi connectivity index (χ3v) is 2.20. The first kappa shape index (κ1) is 15.2. The third kappa shape index (κ3) is 9.13. The molecule has 0 aromatic carbocycles. The first-order chi connectivity index (χ1) is 8.22. The second-order valence-electron chi connectivity index (χ2n) is 3.66. The maximum absolute atomic E-state index is 10.5. The highest BCUT2D eigenvalue weighted by Crippen LogP contribution is 2.02. The standard InChI is InChI=1S/C14H19NO2/c1-2-3-4-5-6-7-8-9-10-11-13(12-15)14(16)17/h7-11H,2-6H2,1H3,(H,16,17). The van der Waals surface area contributed by atoms with Gasteiger partial charge in [0, 0.05) is 0 Å². The van der Waals surface area contributed by atoms with E-state index < -0.39 is 5.97 Å². The van der Waals surface area contributed by atoms with Gasteiger partial charge in [0.05, 0.1) is 0 Å². The Labute approximate surface area is 103 Å². The summed E-state index contributed by atoms with van der Waals surface area (Å²) >= 11 is 0. The van der Waals surface area contributed by atoms with E-state index in [0.29, 0.717) is 0 Å². The third-order valence-electron chi connectivity index (χ3n) is 2.20. The van der Waals surface area contributed by atoms with Gasteiger partial charge in [-0.3, -0.25) is 0 Å². The van der Waals surface area contributed by atoms with Gasteiger partial charge in [0.1, 0.15) is 11.6 Å². The van der Waals surface area contributed by atoms with Crippen LogP contribution in [0.1, 0.15) is 39.0 Å². The fourth-order valence-corrected chi connectivity index (χ4v) is 1.24. The van der Waals surface area contributed by atoms with Crippen LogP contribution in [-0.2, 0) is 4.79 Å². The molecule has 0 aromatic rings. The van der Waals surface area contributed by atoms with Crippen molar-refractivity contribution in [1.82, 2.24) is 0 Å². The van der Waals surface area contributed by atoms with Crippen molar-refractivity contribution < 1.29 is 9.90 Å². The summed E-state index contributed by atoms with van der Waals surface area (Å²) in [7, 11) is 0. The van der Waals surface area contributed by atoms with Crippen LogP contribution < -0.4 is 0 Å². The van der Waals surface area contributed by atoms with Crippen molar-refractivity contribution in [3.05, 3.63) is 36.0 Å². The summed E-state index contributed by atoms with van der Waals surface area (Å²) in [6.07, 6.45) is 14.5. The molecule has 0 spiro atoms. The Bertz CT molecular complexity index is 346. The van der Waals surface area contributed by atoms with E-state index >= 15 is 0 Å². The summed E-state index contributed by atoms with van der Waals surface area (Å²) in [5, 5.41) is 17.0. The summed E-state index contributed by atoms with van der Waals surface area (Å²) in [6, 6.07) is 1.61. The summed E-state index contributed by atoms with van der Waals surface area (Å²) in [5.41, 5.74) is -0.252. The predicted molar refractivity (Wildman–Crippen MR) is 68.4 cm³/mol. The molecule has 0 unspecified atom stereocenters. The van der Waals surface area contributed by atoms with E-state index in [2.05, 4.69) is 6.92 Å². The molecule has 0 radical (unpaired) electrons. The lowest BCUT2D eigenvalue weighted by Crippen LogP contribution is -1.96. The van der Waals surface area contributed by atoms with Crippen molar-refractivity contribution in [2.75, 3.05) is 0 Å². The van der Waals surface area contributed by atoms with Gasteiger partial charge < -0.3 is 5.11 Å². The van der Waals surface area contributed by atoms with Crippen molar-refractivity contribution in [1.29, 1.82) is 5.26 Å². The van der Waals surface area contributed by atoms with Crippen LogP contribution in [-0.4, -0.2) is 11.1 Å². The van der Waals surface area contributed by atoms with Crippen LogP contribution in [0.2, 0.25) is 0 Å². The van der Waals surface area contributed by atoms with Crippen molar-refractivity contribution in [3.63, 3.8) is 0 Å². The van der Waals surface area contributed by atoms with E-state index in [1.165, 1.54) is 31.8 Å². The quantitative estimate of drug-likeness (QED) is 0.301. The summed E-state index contributed by atoms with van der Waals surface area (Å²) in [6.45, 7) is 2.18. The summed E-state index contributed by atoms with van der Waals surface area (Å²) in [4.78, 5) is 10.5. The van der Waals surface area contributed by atoms with Gasteiger partial charge in [0.2, 0.25) is 0 Å². The fraction of sp³-hybridized carbons (Fsp3) is 0.429. The van der Waals surface area contributed by atoms with E-state index in [1.807, 2.05) is 12.2 Å². The minimum absolute atomic E-state index is 0.252. The number of hydrogen-bond acceptors (Lipinski definition) is 2. The van der Waals surface area contributed by atoms with Gasteiger partial charge in [-0.2, -0.15) is 5.26 Å². The SMILES string of the molecule is CCCCCCC=CC=CC=C(C#N)C(=O)O. The summed E-state index contributed by atoms with van der Waals surface area (Å²) < 4.78 is 0. The molecule has 0 rings (SSSR count). The van der Waals surface area contributed by atoms with Gasteiger partial charge in [-0.15, -0.1) is 0 Å². The molecule has 0 aliphatic rings.